The predicted molar refractivity (Wildman–Crippen MR) is 107 cm³/mol. The number of hydrogen-bond donors (Lipinski definition) is 0. The first kappa shape index (κ1) is 15.0. The maximum absolute atomic E-state index is 2.36. The van der Waals surface area contributed by atoms with Crippen molar-refractivity contribution in [1.82, 2.24) is 0 Å². The molecular weight excluding hydrogens is 299 g/mol. The van der Waals surface area contributed by atoms with E-state index in [0.29, 0.717) is 6.71 Å². The lowest BCUT2D eigenvalue weighted by atomic mass is 9.29. The number of benzene rings is 3. The summed E-state index contributed by atoms with van der Waals surface area (Å²) in [4.78, 5) is 0. The van der Waals surface area contributed by atoms with E-state index in [-0.39, 0.29) is 0 Å². The molecule has 0 amide bonds. The predicted octanol–water partition coefficient (Wildman–Crippen LogP) is 4.73. The zero-order valence-electron chi connectivity index (χ0n) is 14.6. The van der Waals surface area contributed by atoms with E-state index < -0.39 is 0 Å². The molecule has 0 saturated heterocycles. The zero-order valence-corrected chi connectivity index (χ0v) is 14.6. The quantitative estimate of drug-likeness (QED) is 0.612. The van der Waals surface area contributed by atoms with Crippen molar-refractivity contribution in [1.29, 1.82) is 0 Å². The van der Waals surface area contributed by atoms with E-state index in [9.17, 15) is 0 Å². The second-order valence-electron chi connectivity index (χ2n) is 7.81. The van der Waals surface area contributed by atoms with Crippen molar-refractivity contribution in [2.45, 2.75) is 37.3 Å². The van der Waals surface area contributed by atoms with Crippen LogP contribution in [0.4, 0.5) is 0 Å². The molecule has 0 bridgehead atoms. The highest BCUT2D eigenvalue weighted by Gasteiger charge is 2.40. The lowest BCUT2D eigenvalue weighted by Gasteiger charge is -2.26. The number of hydrogen-bond acceptors (Lipinski definition) is 0. The molecule has 0 atom stereocenters. The van der Waals surface area contributed by atoms with Crippen molar-refractivity contribution >= 4 is 12.2 Å². The van der Waals surface area contributed by atoms with Crippen LogP contribution in [0.2, 0.25) is 11.6 Å². The van der Waals surface area contributed by atoms with Gasteiger partial charge in [-0.25, -0.2) is 0 Å². The molecular formula is C24H23B. The van der Waals surface area contributed by atoms with E-state index in [1.807, 2.05) is 0 Å². The molecule has 25 heavy (non-hydrogen) atoms. The lowest BCUT2D eigenvalue weighted by Crippen LogP contribution is -2.40. The Bertz CT molecular complexity index is 778. The highest BCUT2D eigenvalue weighted by molar-refractivity contribution is 6.76. The fourth-order valence-corrected chi connectivity index (χ4v) is 5.30. The zero-order chi connectivity index (χ0) is 16.6. The first-order valence-corrected chi connectivity index (χ1v) is 9.57. The maximum Gasteiger partial charge on any atom is 0.183 e. The van der Waals surface area contributed by atoms with Gasteiger partial charge in [0.1, 0.15) is 0 Å². The Kier molecular flexibility index (Phi) is 3.74. The van der Waals surface area contributed by atoms with Crippen molar-refractivity contribution in [3.05, 3.63) is 101 Å². The van der Waals surface area contributed by atoms with Gasteiger partial charge in [0.2, 0.25) is 0 Å². The van der Waals surface area contributed by atoms with Crippen LogP contribution < -0.4 is 5.46 Å². The fourth-order valence-electron chi connectivity index (χ4n) is 5.30. The average molecular weight is 322 g/mol. The average Bonchev–Trinajstić information content (AvgIpc) is 3.26. The SMILES string of the molecule is c1ccc(B(C2Cc3ccccc3C2)C2Cc3ccccc3C2)cc1. The molecule has 0 aromatic heterocycles. The molecule has 0 radical (unpaired) electrons. The van der Waals surface area contributed by atoms with Crippen molar-refractivity contribution in [3.63, 3.8) is 0 Å². The Hall–Kier alpha value is -2.28. The summed E-state index contributed by atoms with van der Waals surface area (Å²) < 4.78 is 0. The van der Waals surface area contributed by atoms with Crippen LogP contribution in [0, 0.1) is 0 Å². The first-order valence-electron chi connectivity index (χ1n) is 9.57. The molecule has 5 rings (SSSR count). The van der Waals surface area contributed by atoms with Crippen LogP contribution in [0.3, 0.4) is 0 Å². The van der Waals surface area contributed by atoms with Crippen LogP contribution in [-0.4, -0.2) is 6.71 Å². The second-order valence-corrected chi connectivity index (χ2v) is 7.81. The minimum absolute atomic E-state index is 0.654. The molecule has 2 aliphatic rings. The monoisotopic (exact) mass is 322 g/mol. The third-order valence-electron chi connectivity index (χ3n) is 6.37. The van der Waals surface area contributed by atoms with Gasteiger partial charge in [-0.2, -0.15) is 0 Å². The van der Waals surface area contributed by atoms with Gasteiger partial charge in [-0.05, 0) is 59.6 Å². The first-order chi connectivity index (χ1) is 12.4. The Balaban J connectivity index is 1.49. The van der Waals surface area contributed by atoms with Crippen LogP contribution in [-0.2, 0) is 25.7 Å². The minimum atomic E-state index is 0.654. The maximum atomic E-state index is 2.36. The van der Waals surface area contributed by atoms with Crippen LogP contribution in [0.25, 0.3) is 0 Å². The summed E-state index contributed by atoms with van der Waals surface area (Å²) in [6, 6.07) is 29.4. The molecule has 0 unspecified atom stereocenters. The third-order valence-corrected chi connectivity index (χ3v) is 6.37. The lowest BCUT2D eigenvalue weighted by molar-refractivity contribution is 0.804. The summed E-state index contributed by atoms with van der Waals surface area (Å²) in [6.45, 7) is 0.654. The van der Waals surface area contributed by atoms with Crippen molar-refractivity contribution in [3.8, 4) is 0 Å². The normalized spacial score (nSPS) is 16.6. The molecule has 0 fully saturated rings. The third kappa shape index (κ3) is 2.72. The highest BCUT2D eigenvalue weighted by atomic mass is 14.3. The van der Waals surface area contributed by atoms with E-state index in [4.69, 9.17) is 0 Å². The second kappa shape index (κ2) is 6.22. The van der Waals surface area contributed by atoms with Gasteiger partial charge < -0.3 is 0 Å². The Morgan fingerprint density at radius 3 is 1.24 bits per heavy atom. The topological polar surface area (TPSA) is 0 Å². The van der Waals surface area contributed by atoms with Gasteiger partial charge in [0.05, 0.1) is 0 Å². The van der Waals surface area contributed by atoms with E-state index in [2.05, 4.69) is 78.9 Å². The van der Waals surface area contributed by atoms with E-state index >= 15 is 0 Å². The van der Waals surface area contributed by atoms with Crippen molar-refractivity contribution in [2.24, 2.45) is 0 Å². The van der Waals surface area contributed by atoms with Crippen molar-refractivity contribution in [2.75, 3.05) is 0 Å². The Morgan fingerprint density at radius 2 is 0.840 bits per heavy atom. The van der Waals surface area contributed by atoms with Gasteiger partial charge >= 0.3 is 0 Å². The van der Waals surface area contributed by atoms with Crippen LogP contribution in [0.5, 0.6) is 0 Å². The van der Waals surface area contributed by atoms with Gasteiger partial charge in [-0.1, -0.05) is 84.3 Å². The molecule has 0 nitrogen and oxygen atoms in total. The fraction of sp³-hybridized carbons (Fsp3) is 0.250. The molecule has 3 aromatic rings. The number of rotatable bonds is 3. The van der Waals surface area contributed by atoms with E-state index in [1.54, 1.807) is 22.3 Å². The van der Waals surface area contributed by atoms with Gasteiger partial charge in [-0.15, -0.1) is 0 Å². The molecule has 0 saturated carbocycles. The molecule has 122 valence electrons. The Labute approximate surface area is 151 Å². The van der Waals surface area contributed by atoms with Gasteiger partial charge in [0.15, 0.2) is 6.71 Å². The molecule has 0 N–H and O–H groups in total. The summed E-state index contributed by atoms with van der Waals surface area (Å²) in [5, 5.41) is 0. The standard InChI is InChI=1S/C24H23B/c1-2-12-22(13-3-1)25(23-14-18-8-4-5-9-19(18)15-23)24-16-20-10-6-7-11-21(20)17-24/h1-13,23-24H,14-17H2. The van der Waals surface area contributed by atoms with E-state index in [1.165, 1.54) is 31.1 Å². The van der Waals surface area contributed by atoms with E-state index in [0.717, 1.165) is 11.6 Å². The Morgan fingerprint density at radius 1 is 0.480 bits per heavy atom. The molecule has 0 aliphatic heterocycles. The summed E-state index contributed by atoms with van der Waals surface area (Å²) in [5.41, 5.74) is 7.83. The molecule has 1 heteroatoms. The molecule has 0 heterocycles. The molecule has 3 aromatic carbocycles. The van der Waals surface area contributed by atoms with Gasteiger partial charge in [0.25, 0.3) is 0 Å². The molecule has 0 spiro atoms. The summed E-state index contributed by atoms with van der Waals surface area (Å²) in [5.74, 6) is 1.47. The van der Waals surface area contributed by atoms with Gasteiger partial charge in [-0.3, -0.25) is 0 Å². The van der Waals surface area contributed by atoms with Crippen LogP contribution in [0.1, 0.15) is 22.3 Å². The van der Waals surface area contributed by atoms with Gasteiger partial charge in [0, 0.05) is 0 Å². The summed E-state index contributed by atoms with van der Waals surface area (Å²) in [6.07, 6.45) is 4.95. The smallest absolute Gasteiger partial charge is 0.0794 e. The van der Waals surface area contributed by atoms with Crippen LogP contribution in [0.15, 0.2) is 78.9 Å². The summed E-state index contributed by atoms with van der Waals surface area (Å²) >= 11 is 0. The van der Waals surface area contributed by atoms with Crippen molar-refractivity contribution < 1.29 is 0 Å². The highest BCUT2D eigenvalue weighted by Crippen LogP contribution is 2.41. The number of fused-ring (bicyclic) bond motifs is 2. The largest absolute Gasteiger partial charge is 0.183 e. The summed E-state index contributed by atoms with van der Waals surface area (Å²) in [7, 11) is 0. The molecule has 2 aliphatic carbocycles. The minimum Gasteiger partial charge on any atom is -0.0794 e. The van der Waals surface area contributed by atoms with Crippen LogP contribution >= 0.6 is 0 Å².